The summed E-state index contributed by atoms with van der Waals surface area (Å²) in [6.07, 6.45) is -0.236. The molecule has 9 heteroatoms. The fourth-order valence-corrected chi connectivity index (χ4v) is 2.35. The second-order valence-electron chi connectivity index (χ2n) is 3.72. The fourth-order valence-electron chi connectivity index (χ4n) is 1.21. The van der Waals surface area contributed by atoms with Crippen LogP contribution < -0.4 is 5.32 Å². The van der Waals surface area contributed by atoms with Gasteiger partial charge in [-0.15, -0.1) is 11.8 Å². The van der Waals surface area contributed by atoms with E-state index in [1.54, 1.807) is 0 Å². The van der Waals surface area contributed by atoms with Crippen LogP contribution in [0, 0.1) is 0 Å². The first-order valence-corrected chi connectivity index (χ1v) is 6.62. The van der Waals surface area contributed by atoms with Gasteiger partial charge in [-0.25, -0.2) is 4.79 Å². The van der Waals surface area contributed by atoms with E-state index in [0.29, 0.717) is 0 Å². The molecule has 0 saturated carbocycles. The Morgan fingerprint density at radius 2 is 1.80 bits per heavy atom. The first-order valence-electron chi connectivity index (χ1n) is 5.58. The van der Waals surface area contributed by atoms with E-state index in [2.05, 4.69) is 14.8 Å². The van der Waals surface area contributed by atoms with Crippen LogP contribution in [0.3, 0.4) is 0 Å². The minimum Gasteiger partial charge on any atom is -0.480 e. The van der Waals surface area contributed by atoms with Gasteiger partial charge in [-0.1, -0.05) is 0 Å². The molecular weight excluding hydrogens is 290 g/mol. The molecule has 0 fully saturated rings. The molecule has 0 aliphatic rings. The van der Waals surface area contributed by atoms with Crippen LogP contribution >= 0.6 is 11.8 Å². The maximum atomic E-state index is 11.5. The Labute approximate surface area is 120 Å². The number of hydrogen-bond acceptors (Lipinski definition) is 7. The number of rotatable bonds is 8. The molecule has 20 heavy (non-hydrogen) atoms. The predicted molar refractivity (Wildman–Crippen MR) is 70.1 cm³/mol. The molecular formula is C11H17NO7S. The largest absolute Gasteiger partial charge is 0.480 e. The average Bonchev–Trinajstić information content (AvgIpc) is 2.39. The van der Waals surface area contributed by atoms with Gasteiger partial charge in [0.05, 0.1) is 20.6 Å². The van der Waals surface area contributed by atoms with Gasteiger partial charge in [0.1, 0.15) is 11.3 Å². The van der Waals surface area contributed by atoms with E-state index in [9.17, 15) is 19.2 Å². The van der Waals surface area contributed by atoms with Crippen LogP contribution in [0.1, 0.15) is 13.3 Å². The second-order valence-corrected chi connectivity index (χ2v) is 4.95. The summed E-state index contributed by atoms with van der Waals surface area (Å²) >= 11 is 0.905. The standard InChI is InChI=1S/C11H17NO7S/c1-6(13)12-7(10(15)16)5-20-8(11(17)19-3)4-9(14)18-2/h7-8H,4-5H2,1-3H3,(H,12,13)(H,15,16). The molecule has 1 amide bonds. The van der Waals surface area contributed by atoms with Crippen molar-refractivity contribution >= 4 is 35.6 Å². The topological polar surface area (TPSA) is 119 Å². The summed E-state index contributed by atoms with van der Waals surface area (Å²) in [5, 5.41) is 10.3. The smallest absolute Gasteiger partial charge is 0.327 e. The van der Waals surface area contributed by atoms with Gasteiger partial charge in [-0.05, 0) is 0 Å². The second kappa shape index (κ2) is 9.18. The molecule has 0 heterocycles. The zero-order valence-corrected chi connectivity index (χ0v) is 12.2. The highest BCUT2D eigenvalue weighted by Crippen LogP contribution is 2.18. The lowest BCUT2D eigenvalue weighted by Gasteiger charge is -2.17. The van der Waals surface area contributed by atoms with E-state index in [-0.39, 0.29) is 12.2 Å². The maximum Gasteiger partial charge on any atom is 0.327 e. The Kier molecular flexibility index (Phi) is 8.37. The molecule has 0 aromatic heterocycles. The molecule has 0 rings (SSSR count). The molecule has 114 valence electrons. The predicted octanol–water partition coefficient (Wildman–Crippen LogP) is -0.586. The van der Waals surface area contributed by atoms with Crippen molar-refractivity contribution in [3.8, 4) is 0 Å². The normalized spacial score (nSPS) is 12.9. The van der Waals surface area contributed by atoms with Gasteiger partial charge in [-0.3, -0.25) is 14.4 Å². The summed E-state index contributed by atoms with van der Waals surface area (Å²) in [6.45, 7) is 1.19. The number of ether oxygens (including phenoxy) is 2. The number of carboxylic acids is 1. The number of methoxy groups -OCH3 is 2. The van der Waals surface area contributed by atoms with E-state index in [1.807, 2.05) is 0 Å². The van der Waals surface area contributed by atoms with Crippen LogP contribution in [0.4, 0.5) is 0 Å². The highest BCUT2D eigenvalue weighted by atomic mass is 32.2. The molecule has 8 nitrogen and oxygen atoms in total. The SMILES string of the molecule is COC(=O)CC(SCC(NC(C)=O)C(=O)O)C(=O)OC. The number of esters is 2. The van der Waals surface area contributed by atoms with Gasteiger partial charge in [0.25, 0.3) is 0 Å². The summed E-state index contributed by atoms with van der Waals surface area (Å²) in [5.41, 5.74) is 0. The first-order chi connectivity index (χ1) is 9.31. The van der Waals surface area contributed by atoms with Gasteiger partial charge in [0, 0.05) is 12.7 Å². The minimum absolute atomic E-state index is 0.0777. The van der Waals surface area contributed by atoms with Crippen LogP contribution in [0.2, 0.25) is 0 Å². The fraction of sp³-hybridized carbons (Fsp3) is 0.636. The highest BCUT2D eigenvalue weighted by molar-refractivity contribution is 8.00. The van der Waals surface area contributed by atoms with Crippen molar-refractivity contribution < 1.29 is 33.8 Å². The van der Waals surface area contributed by atoms with Gasteiger partial charge in [0.2, 0.25) is 5.91 Å². The summed E-state index contributed by atoms with van der Waals surface area (Å²) in [6, 6.07) is -1.15. The van der Waals surface area contributed by atoms with Crippen molar-refractivity contribution in [2.75, 3.05) is 20.0 Å². The van der Waals surface area contributed by atoms with Crippen molar-refractivity contribution in [1.29, 1.82) is 0 Å². The monoisotopic (exact) mass is 307 g/mol. The minimum atomic E-state index is -1.23. The number of carbonyl (C=O) groups is 4. The summed E-state index contributed by atoms with van der Waals surface area (Å²) in [7, 11) is 2.34. The number of thioether (sulfide) groups is 1. The molecule has 0 aromatic carbocycles. The lowest BCUT2D eigenvalue weighted by Crippen LogP contribution is -2.42. The van der Waals surface area contributed by atoms with Crippen molar-refractivity contribution in [1.82, 2.24) is 5.32 Å². The molecule has 0 radical (unpaired) electrons. The quantitative estimate of drug-likeness (QED) is 0.571. The third-order valence-electron chi connectivity index (χ3n) is 2.18. The first kappa shape index (κ1) is 18.2. The zero-order valence-electron chi connectivity index (χ0n) is 11.4. The van der Waals surface area contributed by atoms with E-state index in [1.165, 1.54) is 14.0 Å². The van der Waals surface area contributed by atoms with Gasteiger partial charge in [0.15, 0.2) is 0 Å². The van der Waals surface area contributed by atoms with E-state index >= 15 is 0 Å². The van der Waals surface area contributed by atoms with Crippen LogP contribution in [-0.2, 0) is 28.7 Å². The lowest BCUT2D eigenvalue weighted by molar-refractivity contribution is -0.146. The zero-order chi connectivity index (χ0) is 15.7. The number of amides is 1. The Balaban J connectivity index is 4.63. The van der Waals surface area contributed by atoms with E-state index < -0.39 is 35.1 Å². The Morgan fingerprint density at radius 1 is 1.20 bits per heavy atom. The van der Waals surface area contributed by atoms with Crippen molar-refractivity contribution in [3.05, 3.63) is 0 Å². The molecule has 0 aliphatic heterocycles. The molecule has 2 unspecified atom stereocenters. The number of hydrogen-bond donors (Lipinski definition) is 2. The lowest BCUT2D eigenvalue weighted by atomic mass is 10.3. The maximum absolute atomic E-state index is 11.5. The third-order valence-corrected chi connectivity index (χ3v) is 3.47. The molecule has 2 N–H and O–H groups in total. The molecule has 2 atom stereocenters. The summed E-state index contributed by atoms with van der Waals surface area (Å²) < 4.78 is 8.98. The number of carbonyl (C=O) groups excluding carboxylic acids is 3. The van der Waals surface area contributed by atoms with Crippen LogP contribution in [0.5, 0.6) is 0 Å². The third kappa shape index (κ3) is 6.98. The van der Waals surface area contributed by atoms with Gasteiger partial charge in [-0.2, -0.15) is 0 Å². The molecule has 0 saturated heterocycles. The van der Waals surface area contributed by atoms with Gasteiger partial charge >= 0.3 is 17.9 Å². The number of nitrogens with one attached hydrogen (secondary N) is 1. The number of carboxylic acid groups (broad SMARTS) is 1. The molecule has 0 bridgehead atoms. The highest BCUT2D eigenvalue weighted by Gasteiger charge is 2.27. The molecule has 0 spiro atoms. The van der Waals surface area contributed by atoms with Crippen LogP contribution in [0.25, 0.3) is 0 Å². The summed E-state index contributed by atoms with van der Waals surface area (Å²) in [5.74, 6) is -3.08. The van der Waals surface area contributed by atoms with Crippen LogP contribution in [-0.4, -0.2) is 60.2 Å². The summed E-state index contributed by atoms with van der Waals surface area (Å²) in [4.78, 5) is 44.4. The Bertz CT molecular complexity index is 385. The Morgan fingerprint density at radius 3 is 2.20 bits per heavy atom. The average molecular weight is 307 g/mol. The number of aliphatic carboxylic acids is 1. The molecule has 0 aliphatic carbocycles. The Hall–Kier alpha value is -1.77. The van der Waals surface area contributed by atoms with E-state index in [4.69, 9.17) is 5.11 Å². The van der Waals surface area contributed by atoms with Gasteiger partial charge < -0.3 is 19.9 Å². The van der Waals surface area contributed by atoms with Crippen molar-refractivity contribution in [2.45, 2.75) is 24.6 Å². The van der Waals surface area contributed by atoms with Crippen LogP contribution in [0.15, 0.2) is 0 Å². The van der Waals surface area contributed by atoms with E-state index in [0.717, 1.165) is 18.9 Å². The van der Waals surface area contributed by atoms with Crippen molar-refractivity contribution in [3.63, 3.8) is 0 Å². The van der Waals surface area contributed by atoms with Crippen molar-refractivity contribution in [2.24, 2.45) is 0 Å². The molecule has 0 aromatic rings.